The summed E-state index contributed by atoms with van der Waals surface area (Å²) in [6, 6.07) is 12.0. The molecule has 0 spiro atoms. The summed E-state index contributed by atoms with van der Waals surface area (Å²) in [5, 5.41) is 9.01. The summed E-state index contributed by atoms with van der Waals surface area (Å²) in [6.45, 7) is 5.12. The second-order valence-electron chi connectivity index (χ2n) is 10.6. The highest BCUT2D eigenvalue weighted by atomic mass is 19.1. The zero-order valence-corrected chi connectivity index (χ0v) is 21.9. The van der Waals surface area contributed by atoms with Gasteiger partial charge in [-0.05, 0) is 68.6 Å². The van der Waals surface area contributed by atoms with Crippen LogP contribution in [0.1, 0.15) is 37.3 Å². The molecule has 1 aliphatic heterocycles. The van der Waals surface area contributed by atoms with E-state index < -0.39 is 0 Å². The van der Waals surface area contributed by atoms with Gasteiger partial charge in [-0.1, -0.05) is 6.07 Å². The summed E-state index contributed by atoms with van der Waals surface area (Å²) in [6.07, 6.45) is 9.67. The van der Waals surface area contributed by atoms with E-state index >= 15 is 4.39 Å². The molecule has 0 unspecified atom stereocenters. The molecule has 1 saturated carbocycles. The fourth-order valence-corrected chi connectivity index (χ4v) is 5.95. The van der Waals surface area contributed by atoms with Crippen molar-refractivity contribution in [2.75, 3.05) is 44.3 Å². The van der Waals surface area contributed by atoms with E-state index in [1.165, 1.54) is 6.07 Å². The summed E-state index contributed by atoms with van der Waals surface area (Å²) < 4.78 is 17.3. The van der Waals surface area contributed by atoms with Crippen LogP contribution in [0.4, 0.5) is 15.9 Å². The van der Waals surface area contributed by atoms with Crippen molar-refractivity contribution in [3.8, 4) is 11.3 Å². The number of piperazine rings is 1. The number of nitrogens with zero attached hydrogens (tertiary/aromatic N) is 6. The molecule has 4 aromatic rings. The van der Waals surface area contributed by atoms with Gasteiger partial charge in [-0.25, -0.2) is 9.37 Å². The van der Waals surface area contributed by atoms with Crippen LogP contribution in [0.2, 0.25) is 0 Å². The average Bonchev–Trinajstić information content (AvgIpc) is 3.34. The lowest BCUT2D eigenvalue weighted by atomic mass is 9.89. The van der Waals surface area contributed by atoms with Gasteiger partial charge < -0.3 is 16.0 Å². The average molecular weight is 515 g/mol. The van der Waals surface area contributed by atoms with Crippen LogP contribution in [-0.2, 0) is 6.54 Å². The molecule has 9 heteroatoms. The van der Waals surface area contributed by atoms with E-state index in [0.717, 1.165) is 68.3 Å². The lowest BCUT2D eigenvalue weighted by Gasteiger charge is -2.41. The zero-order valence-electron chi connectivity index (χ0n) is 21.9. The first kappa shape index (κ1) is 24.8. The van der Waals surface area contributed by atoms with Gasteiger partial charge in [0.2, 0.25) is 0 Å². The lowest BCUT2D eigenvalue weighted by Crippen LogP contribution is -2.49. The third kappa shape index (κ3) is 4.96. The molecule has 1 saturated heterocycles. The molecule has 38 heavy (non-hydrogen) atoms. The van der Waals surface area contributed by atoms with Crippen molar-refractivity contribution in [2.45, 2.75) is 44.3 Å². The fraction of sp³-hybridized carbons (Fsp3) is 0.414. The Labute approximate surface area is 222 Å². The topological polar surface area (TPSA) is 88.1 Å². The second-order valence-corrected chi connectivity index (χ2v) is 10.6. The molecule has 1 aromatic carbocycles. The first-order valence-electron chi connectivity index (χ1n) is 13.5. The number of nitrogens with one attached hydrogen (secondary N) is 1. The molecule has 0 atom stereocenters. The maximum atomic E-state index is 15.2. The minimum atomic E-state index is -0.325. The summed E-state index contributed by atoms with van der Waals surface area (Å²) >= 11 is 0. The van der Waals surface area contributed by atoms with Crippen LogP contribution in [-0.4, -0.2) is 68.8 Å². The van der Waals surface area contributed by atoms with Gasteiger partial charge in [0.05, 0.1) is 22.6 Å². The van der Waals surface area contributed by atoms with Crippen LogP contribution in [0.25, 0.3) is 22.2 Å². The number of fused-ring (bicyclic) bond motifs is 1. The Kier molecular flexibility index (Phi) is 6.95. The molecule has 8 nitrogen and oxygen atoms in total. The van der Waals surface area contributed by atoms with E-state index in [0.29, 0.717) is 41.4 Å². The van der Waals surface area contributed by atoms with Crippen LogP contribution in [0.5, 0.6) is 0 Å². The minimum absolute atomic E-state index is 0.294. The summed E-state index contributed by atoms with van der Waals surface area (Å²) in [5.41, 5.74) is 10.2. The molecule has 0 radical (unpaired) electrons. The van der Waals surface area contributed by atoms with E-state index in [-0.39, 0.29) is 5.82 Å². The third-order valence-electron chi connectivity index (χ3n) is 8.19. The standard InChI is InChI=1S/C29H35FN8/c1-36-14-16-37(17-15-36)22-3-5-23(6-4-22)38-26-10-13-33-29(31)27(26)28(35-38)21-2-7-25(24(30)18-21)34-19-20-8-11-32-12-9-20/h2,7-13,18,22-23,34H,3-6,14-17,19H2,1H3,(H2,31,33). The quantitative estimate of drug-likeness (QED) is 0.390. The van der Waals surface area contributed by atoms with Crippen LogP contribution >= 0.6 is 0 Å². The molecular weight excluding hydrogens is 479 g/mol. The van der Waals surface area contributed by atoms with Crippen molar-refractivity contribution in [3.63, 3.8) is 0 Å². The van der Waals surface area contributed by atoms with Gasteiger partial charge in [-0.15, -0.1) is 0 Å². The Hall–Kier alpha value is -3.56. The number of likely N-dealkylation sites (N-methyl/N-ethyl adjacent to an activating group) is 1. The molecular formula is C29H35FN8. The van der Waals surface area contributed by atoms with Gasteiger partial charge in [0.25, 0.3) is 0 Å². The largest absolute Gasteiger partial charge is 0.383 e. The minimum Gasteiger partial charge on any atom is -0.383 e. The number of benzene rings is 1. The molecule has 1 aliphatic carbocycles. The molecule has 6 rings (SSSR count). The van der Waals surface area contributed by atoms with Crippen LogP contribution in [0.15, 0.2) is 55.0 Å². The summed E-state index contributed by atoms with van der Waals surface area (Å²) in [7, 11) is 2.20. The number of aromatic nitrogens is 4. The van der Waals surface area contributed by atoms with Crippen molar-refractivity contribution in [2.24, 2.45) is 0 Å². The number of pyridine rings is 2. The van der Waals surface area contributed by atoms with Crippen LogP contribution in [0, 0.1) is 5.82 Å². The normalized spacial score (nSPS) is 21.1. The molecule has 198 valence electrons. The van der Waals surface area contributed by atoms with Crippen LogP contribution in [0.3, 0.4) is 0 Å². The third-order valence-corrected chi connectivity index (χ3v) is 8.19. The second kappa shape index (κ2) is 10.7. The molecule has 2 aliphatic rings. The number of nitrogens with two attached hydrogens (primary N) is 1. The number of nitrogen functional groups attached to an aromatic ring is 1. The van der Waals surface area contributed by atoms with E-state index in [4.69, 9.17) is 10.8 Å². The predicted octanol–water partition coefficient (Wildman–Crippen LogP) is 4.56. The number of anilines is 2. The Morgan fingerprint density at radius 1 is 0.947 bits per heavy atom. The van der Waals surface area contributed by atoms with Crippen molar-refractivity contribution >= 4 is 22.4 Å². The van der Waals surface area contributed by atoms with E-state index in [2.05, 4.69) is 36.8 Å². The van der Waals surface area contributed by atoms with Gasteiger partial charge in [0, 0.05) is 62.9 Å². The van der Waals surface area contributed by atoms with Crippen LogP contribution < -0.4 is 11.1 Å². The summed E-state index contributed by atoms with van der Waals surface area (Å²) in [5.74, 6) is 0.101. The lowest BCUT2D eigenvalue weighted by molar-refractivity contribution is 0.0816. The first-order chi connectivity index (χ1) is 18.6. The highest BCUT2D eigenvalue weighted by molar-refractivity contribution is 6.00. The summed E-state index contributed by atoms with van der Waals surface area (Å²) in [4.78, 5) is 13.4. The molecule has 0 bridgehead atoms. The molecule has 4 heterocycles. The fourth-order valence-electron chi connectivity index (χ4n) is 5.95. The smallest absolute Gasteiger partial charge is 0.146 e. The molecule has 3 aromatic heterocycles. The maximum absolute atomic E-state index is 15.2. The van der Waals surface area contributed by atoms with Gasteiger partial charge in [0.1, 0.15) is 17.3 Å². The van der Waals surface area contributed by atoms with Gasteiger partial charge in [-0.3, -0.25) is 14.6 Å². The number of halogens is 1. The number of rotatable bonds is 6. The Balaban J connectivity index is 1.23. The highest BCUT2D eigenvalue weighted by Crippen LogP contribution is 2.38. The Morgan fingerprint density at radius 3 is 2.42 bits per heavy atom. The predicted molar refractivity (Wildman–Crippen MR) is 149 cm³/mol. The van der Waals surface area contributed by atoms with E-state index in [9.17, 15) is 0 Å². The zero-order chi connectivity index (χ0) is 26.1. The Morgan fingerprint density at radius 2 is 1.68 bits per heavy atom. The highest BCUT2D eigenvalue weighted by Gasteiger charge is 2.30. The first-order valence-corrected chi connectivity index (χ1v) is 13.5. The van der Waals surface area contributed by atoms with Gasteiger partial charge in [0.15, 0.2) is 0 Å². The van der Waals surface area contributed by atoms with Crippen molar-refractivity contribution < 1.29 is 4.39 Å². The van der Waals surface area contributed by atoms with Gasteiger partial charge in [-0.2, -0.15) is 5.10 Å². The van der Waals surface area contributed by atoms with E-state index in [1.54, 1.807) is 24.7 Å². The SMILES string of the molecule is CN1CCN(C2CCC(n3nc(-c4ccc(NCc5ccncc5)c(F)c4)c4c(N)nccc43)CC2)CC1. The van der Waals surface area contributed by atoms with Crippen molar-refractivity contribution in [1.29, 1.82) is 0 Å². The molecule has 3 N–H and O–H groups in total. The monoisotopic (exact) mass is 514 g/mol. The number of hydrogen-bond donors (Lipinski definition) is 2. The Bertz CT molecular complexity index is 1390. The maximum Gasteiger partial charge on any atom is 0.146 e. The number of hydrogen-bond acceptors (Lipinski definition) is 7. The van der Waals surface area contributed by atoms with Gasteiger partial charge >= 0.3 is 0 Å². The van der Waals surface area contributed by atoms with Crippen molar-refractivity contribution in [3.05, 3.63) is 66.4 Å². The van der Waals surface area contributed by atoms with Crippen molar-refractivity contribution in [1.82, 2.24) is 29.5 Å². The molecule has 0 amide bonds. The van der Waals surface area contributed by atoms with E-state index in [1.807, 2.05) is 24.3 Å². The molecule has 2 fully saturated rings.